The van der Waals surface area contributed by atoms with Crippen LogP contribution in [0.1, 0.15) is 46.5 Å². The van der Waals surface area contributed by atoms with Crippen molar-refractivity contribution in [3.05, 3.63) is 24.3 Å². The van der Waals surface area contributed by atoms with Crippen LogP contribution in [0.2, 0.25) is 0 Å². The first-order chi connectivity index (χ1) is 11.9. The molecule has 0 aliphatic carbocycles. The fraction of sp³-hybridized carbons (Fsp3) is 0.579. The zero-order chi connectivity index (χ0) is 18.4. The zero-order valence-corrected chi connectivity index (χ0v) is 16.1. The van der Waals surface area contributed by atoms with Gasteiger partial charge in [-0.25, -0.2) is 0 Å². The summed E-state index contributed by atoms with van der Waals surface area (Å²) in [6, 6.07) is 7.59. The molecule has 2 rings (SSSR count). The summed E-state index contributed by atoms with van der Waals surface area (Å²) >= 11 is 1.52. The van der Waals surface area contributed by atoms with Crippen molar-refractivity contribution in [2.45, 2.75) is 62.4 Å². The smallest absolute Gasteiger partial charge is 0.324 e. The van der Waals surface area contributed by atoms with E-state index in [9.17, 15) is 9.59 Å². The molecular formula is C19H26O5S. The van der Waals surface area contributed by atoms with Gasteiger partial charge in [0.25, 0.3) is 5.79 Å². The Morgan fingerprint density at radius 2 is 1.72 bits per heavy atom. The summed E-state index contributed by atoms with van der Waals surface area (Å²) in [5, 5.41) is -0.212. The number of esters is 2. The first-order valence-electron chi connectivity index (χ1n) is 8.62. The molecule has 1 heterocycles. The van der Waals surface area contributed by atoms with E-state index in [1.807, 2.05) is 24.3 Å². The first kappa shape index (κ1) is 19.6. The Balaban J connectivity index is 2.16. The molecule has 138 valence electrons. The normalized spacial score (nSPS) is 18.4. The molecule has 1 fully saturated rings. The molecular weight excluding hydrogens is 340 g/mol. The molecule has 5 nitrogen and oxygen atoms in total. The number of hydrogen-bond donors (Lipinski definition) is 0. The molecule has 1 atom stereocenters. The maximum Gasteiger partial charge on any atom is 0.324 e. The van der Waals surface area contributed by atoms with Crippen LogP contribution in [0.3, 0.4) is 0 Å². The van der Waals surface area contributed by atoms with Gasteiger partial charge in [-0.15, -0.1) is 11.8 Å². The monoisotopic (exact) mass is 366 g/mol. The van der Waals surface area contributed by atoms with Gasteiger partial charge in [-0.3, -0.25) is 9.59 Å². The number of hydrogen-bond acceptors (Lipinski definition) is 6. The van der Waals surface area contributed by atoms with Crippen LogP contribution in [0.25, 0.3) is 0 Å². The quantitative estimate of drug-likeness (QED) is 0.298. The van der Waals surface area contributed by atoms with Gasteiger partial charge in [-0.2, -0.15) is 0 Å². The largest absolute Gasteiger partial charge is 0.497 e. The van der Waals surface area contributed by atoms with Crippen molar-refractivity contribution >= 4 is 23.7 Å². The molecule has 1 aliphatic rings. The van der Waals surface area contributed by atoms with Gasteiger partial charge in [0.05, 0.1) is 7.11 Å². The fourth-order valence-corrected chi connectivity index (χ4v) is 4.04. The van der Waals surface area contributed by atoms with Gasteiger partial charge in [0, 0.05) is 24.0 Å². The predicted octanol–water partition coefficient (Wildman–Crippen LogP) is 4.19. The zero-order valence-electron chi connectivity index (χ0n) is 15.2. The van der Waals surface area contributed by atoms with Crippen LogP contribution < -0.4 is 4.74 Å². The van der Waals surface area contributed by atoms with Crippen LogP contribution in [0, 0.1) is 5.92 Å². The van der Waals surface area contributed by atoms with E-state index in [0.29, 0.717) is 0 Å². The second kappa shape index (κ2) is 8.61. The first-order valence-corrected chi connectivity index (χ1v) is 9.50. The van der Waals surface area contributed by atoms with E-state index in [1.165, 1.54) is 11.8 Å². The molecule has 0 N–H and O–H groups in total. The second-order valence-corrected chi connectivity index (χ2v) is 7.86. The third-order valence-electron chi connectivity index (χ3n) is 4.01. The Morgan fingerprint density at radius 3 is 2.24 bits per heavy atom. The van der Waals surface area contributed by atoms with Crippen molar-refractivity contribution in [1.29, 1.82) is 0 Å². The predicted molar refractivity (Wildman–Crippen MR) is 96.5 cm³/mol. The molecule has 1 saturated heterocycles. The van der Waals surface area contributed by atoms with Crippen LogP contribution in [0.15, 0.2) is 29.2 Å². The molecule has 1 aliphatic heterocycles. The number of rotatable bonds is 8. The highest BCUT2D eigenvalue weighted by atomic mass is 32.2. The molecule has 0 saturated carbocycles. The Kier molecular flexibility index (Phi) is 6.76. The van der Waals surface area contributed by atoms with Gasteiger partial charge in [-0.05, 0) is 30.7 Å². The van der Waals surface area contributed by atoms with Gasteiger partial charge >= 0.3 is 11.9 Å². The molecule has 1 aromatic rings. The summed E-state index contributed by atoms with van der Waals surface area (Å²) in [4.78, 5) is 25.8. The number of ether oxygens (including phenoxy) is 3. The number of methoxy groups -OCH3 is 1. The fourth-order valence-electron chi connectivity index (χ4n) is 2.75. The lowest BCUT2D eigenvalue weighted by Crippen LogP contribution is -2.49. The van der Waals surface area contributed by atoms with Crippen molar-refractivity contribution in [3.8, 4) is 5.75 Å². The Morgan fingerprint density at radius 1 is 1.12 bits per heavy atom. The topological polar surface area (TPSA) is 61.8 Å². The van der Waals surface area contributed by atoms with Crippen molar-refractivity contribution in [2.24, 2.45) is 5.92 Å². The number of thioether (sulfide) groups is 1. The lowest BCUT2D eigenvalue weighted by molar-refractivity contribution is -0.239. The summed E-state index contributed by atoms with van der Waals surface area (Å²) in [6.45, 7) is 5.26. The summed E-state index contributed by atoms with van der Waals surface area (Å²) in [6.07, 6.45) is 3.83. The van der Waals surface area contributed by atoms with Crippen molar-refractivity contribution in [1.82, 2.24) is 0 Å². The highest BCUT2D eigenvalue weighted by Gasteiger charge is 2.47. The van der Waals surface area contributed by atoms with Crippen LogP contribution in [-0.2, 0) is 19.1 Å². The SMILES string of the molecule is CCCCCC(Sc1ccc(OC)cc1)C1C(=O)OC(C)(C)OC1=O. The minimum absolute atomic E-state index is 0.212. The van der Waals surface area contributed by atoms with E-state index in [-0.39, 0.29) is 5.25 Å². The minimum atomic E-state index is -1.19. The standard InChI is InChI=1S/C19H26O5S/c1-5-6-7-8-15(25-14-11-9-13(22-4)10-12-14)16-17(20)23-19(2,3)24-18(16)21/h9-12,15-16H,5-8H2,1-4H3. The van der Waals surface area contributed by atoms with Gasteiger partial charge in [0.1, 0.15) is 5.75 Å². The average molecular weight is 366 g/mol. The highest BCUT2D eigenvalue weighted by Crippen LogP contribution is 2.37. The van der Waals surface area contributed by atoms with E-state index in [4.69, 9.17) is 14.2 Å². The van der Waals surface area contributed by atoms with E-state index >= 15 is 0 Å². The van der Waals surface area contributed by atoms with Crippen molar-refractivity contribution < 1.29 is 23.8 Å². The van der Waals surface area contributed by atoms with Gasteiger partial charge in [-0.1, -0.05) is 26.2 Å². The van der Waals surface area contributed by atoms with Gasteiger partial charge < -0.3 is 14.2 Å². The third kappa shape index (κ3) is 5.39. The Hall–Kier alpha value is -1.69. The third-order valence-corrected chi connectivity index (χ3v) is 5.37. The molecule has 0 amide bonds. The van der Waals surface area contributed by atoms with Crippen LogP contribution >= 0.6 is 11.8 Å². The lowest BCUT2D eigenvalue weighted by atomic mass is 9.99. The van der Waals surface area contributed by atoms with E-state index in [2.05, 4.69) is 6.92 Å². The number of benzene rings is 1. The molecule has 0 radical (unpaired) electrons. The van der Waals surface area contributed by atoms with Crippen LogP contribution in [0.4, 0.5) is 0 Å². The van der Waals surface area contributed by atoms with Gasteiger partial charge in [0.15, 0.2) is 5.92 Å². The van der Waals surface area contributed by atoms with E-state index < -0.39 is 23.6 Å². The van der Waals surface area contributed by atoms with Crippen LogP contribution in [0.5, 0.6) is 5.75 Å². The number of unbranched alkanes of at least 4 members (excludes halogenated alkanes) is 2. The van der Waals surface area contributed by atoms with E-state index in [0.717, 1.165) is 36.3 Å². The van der Waals surface area contributed by atoms with Crippen molar-refractivity contribution in [3.63, 3.8) is 0 Å². The summed E-state index contributed by atoms with van der Waals surface area (Å²) in [5.41, 5.74) is 0. The summed E-state index contributed by atoms with van der Waals surface area (Å²) in [7, 11) is 1.62. The molecule has 1 unspecified atom stereocenters. The van der Waals surface area contributed by atoms with E-state index in [1.54, 1.807) is 21.0 Å². The van der Waals surface area contributed by atoms with Crippen molar-refractivity contribution in [2.75, 3.05) is 7.11 Å². The maximum absolute atomic E-state index is 12.4. The molecule has 25 heavy (non-hydrogen) atoms. The number of carbonyl (C=O) groups is 2. The van der Waals surface area contributed by atoms with Crippen LogP contribution in [-0.4, -0.2) is 30.1 Å². The molecule has 0 bridgehead atoms. The number of carbonyl (C=O) groups excluding carboxylic acids is 2. The summed E-state index contributed by atoms with van der Waals surface area (Å²) in [5.74, 6) is -2.31. The molecule has 0 spiro atoms. The second-order valence-electron chi connectivity index (χ2n) is 6.55. The maximum atomic E-state index is 12.4. The molecule has 6 heteroatoms. The minimum Gasteiger partial charge on any atom is -0.497 e. The highest BCUT2D eigenvalue weighted by molar-refractivity contribution is 8.00. The Labute approximate surface area is 153 Å². The number of cyclic esters (lactones) is 2. The Bertz CT molecular complexity index is 576. The molecule has 1 aromatic carbocycles. The van der Waals surface area contributed by atoms with Gasteiger partial charge in [0.2, 0.25) is 0 Å². The summed E-state index contributed by atoms with van der Waals surface area (Å²) < 4.78 is 15.8. The lowest BCUT2D eigenvalue weighted by Gasteiger charge is -2.35. The average Bonchev–Trinajstić information content (AvgIpc) is 2.53. The molecule has 0 aromatic heterocycles.